The van der Waals surface area contributed by atoms with E-state index in [1.165, 1.54) is 24.2 Å². The molecule has 0 aromatic carbocycles. The summed E-state index contributed by atoms with van der Waals surface area (Å²) in [4.78, 5) is 21.6. The highest BCUT2D eigenvalue weighted by atomic mass is 32.9. The Kier molecular flexibility index (Phi) is 7.47. The van der Waals surface area contributed by atoms with E-state index in [4.69, 9.17) is 21.1 Å². The van der Waals surface area contributed by atoms with Crippen molar-refractivity contribution in [3.05, 3.63) is 0 Å². The molecular weight excluding hydrogens is 329 g/mol. The Balaban J connectivity index is 2.21. The van der Waals surface area contributed by atoms with E-state index in [1.54, 1.807) is 20.8 Å². The summed E-state index contributed by atoms with van der Waals surface area (Å²) in [7, 11) is 0. The van der Waals surface area contributed by atoms with Gasteiger partial charge >= 0.3 is 6.09 Å². The molecule has 21 heavy (non-hydrogen) atoms. The second-order valence-electron chi connectivity index (χ2n) is 6.28. The number of hydrogen-bond donors (Lipinski definition) is 2. The van der Waals surface area contributed by atoms with Crippen molar-refractivity contribution in [1.82, 2.24) is 5.32 Å². The zero-order valence-corrected chi connectivity index (χ0v) is 15.7. The lowest BCUT2D eigenvalue weighted by Gasteiger charge is -2.22. The van der Waals surface area contributed by atoms with Gasteiger partial charge in [-0.15, -0.1) is 0 Å². The van der Waals surface area contributed by atoms with Crippen LogP contribution in [0.15, 0.2) is 0 Å². The van der Waals surface area contributed by atoms with Gasteiger partial charge in [-0.2, -0.15) is 0 Å². The minimum atomic E-state index is -2.82. The second-order valence-corrected chi connectivity index (χ2v) is 12.6. The van der Waals surface area contributed by atoms with Crippen LogP contribution in [-0.4, -0.2) is 35.0 Å². The SMILES string of the molecule is C[C@@H]1CCC[C@H]1SP(O)(=S)OCCNC(=O)OC(C)(C)C. The first-order valence-electron chi connectivity index (χ1n) is 7.22. The van der Waals surface area contributed by atoms with E-state index in [9.17, 15) is 9.69 Å². The molecule has 1 aliphatic carbocycles. The number of rotatable bonds is 6. The molecule has 0 spiro atoms. The van der Waals surface area contributed by atoms with Crippen molar-refractivity contribution in [2.24, 2.45) is 5.92 Å². The van der Waals surface area contributed by atoms with Crippen molar-refractivity contribution in [3.63, 3.8) is 0 Å². The molecule has 5 nitrogen and oxygen atoms in total. The fourth-order valence-corrected chi connectivity index (χ4v) is 7.03. The van der Waals surface area contributed by atoms with Gasteiger partial charge in [0.1, 0.15) is 5.60 Å². The molecule has 1 rings (SSSR count). The molecule has 0 aromatic rings. The monoisotopic (exact) mass is 355 g/mol. The van der Waals surface area contributed by atoms with Gasteiger partial charge in [0.05, 0.1) is 6.61 Å². The number of ether oxygens (including phenoxy) is 1. The summed E-state index contributed by atoms with van der Waals surface area (Å²) in [6, 6.07) is 0. The van der Waals surface area contributed by atoms with Crippen LogP contribution in [0, 0.1) is 5.92 Å². The van der Waals surface area contributed by atoms with Gasteiger partial charge in [0.2, 0.25) is 5.69 Å². The van der Waals surface area contributed by atoms with E-state index in [0.29, 0.717) is 11.2 Å². The lowest BCUT2D eigenvalue weighted by molar-refractivity contribution is 0.0520. The minimum Gasteiger partial charge on any atom is -0.444 e. The second kappa shape index (κ2) is 8.16. The molecule has 1 unspecified atom stereocenters. The molecule has 1 saturated carbocycles. The number of carbonyl (C=O) groups excluding carboxylic acids is 1. The molecule has 1 aliphatic rings. The highest BCUT2D eigenvalue weighted by molar-refractivity contribution is 8.67. The number of alkyl carbamates (subject to hydrolysis) is 1. The normalized spacial score (nSPS) is 25.4. The number of hydrogen-bond acceptors (Lipinski definition) is 5. The van der Waals surface area contributed by atoms with Gasteiger partial charge < -0.3 is 19.5 Å². The quantitative estimate of drug-likeness (QED) is 0.560. The van der Waals surface area contributed by atoms with Gasteiger partial charge in [-0.25, -0.2) is 4.79 Å². The molecule has 124 valence electrons. The maximum Gasteiger partial charge on any atom is 0.407 e. The Morgan fingerprint density at radius 3 is 2.67 bits per heavy atom. The van der Waals surface area contributed by atoms with Crippen LogP contribution in [0.25, 0.3) is 0 Å². The summed E-state index contributed by atoms with van der Waals surface area (Å²) in [5.74, 6) is 0.577. The molecule has 0 aromatic heterocycles. The standard InChI is InChI=1S/C13H26NO4PS2/c1-10-6-5-7-11(10)21-19(16,20)17-9-8-14-12(15)18-13(2,3)4/h10-11H,5-9H2,1-4H3,(H,14,15)(H,16,20)/t10-,11-,19?/m1/s1. The van der Waals surface area contributed by atoms with E-state index >= 15 is 0 Å². The molecule has 8 heteroatoms. The van der Waals surface area contributed by atoms with E-state index in [0.717, 1.165) is 6.42 Å². The summed E-state index contributed by atoms with van der Waals surface area (Å²) in [5.41, 5.74) is -3.34. The third kappa shape index (κ3) is 8.41. The van der Waals surface area contributed by atoms with Gasteiger partial charge in [0, 0.05) is 11.8 Å². The van der Waals surface area contributed by atoms with Crippen LogP contribution >= 0.6 is 17.1 Å². The topological polar surface area (TPSA) is 67.8 Å². The fourth-order valence-electron chi connectivity index (χ4n) is 2.10. The minimum absolute atomic E-state index is 0.196. The van der Waals surface area contributed by atoms with Gasteiger partial charge in [-0.1, -0.05) is 24.7 Å². The molecule has 0 heterocycles. The first-order valence-corrected chi connectivity index (χ1v) is 11.4. The molecule has 3 atom stereocenters. The van der Waals surface area contributed by atoms with Crippen molar-refractivity contribution in [3.8, 4) is 0 Å². The fraction of sp³-hybridized carbons (Fsp3) is 0.923. The Bertz CT molecular complexity index is 400. The van der Waals surface area contributed by atoms with Crippen molar-refractivity contribution in [2.75, 3.05) is 13.2 Å². The van der Waals surface area contributed by atoms with Gasteiger partial charge in [-0.05, 0) is 51.3 Å². The van der Waals surface area contributed by atoms with Crippen molar-refractivity contribution < 1.29 is 18.9 Å². The highest BCUT2D eigenvalue weighted by Crippen LogP contribution is 2.61. The predicted octanol–water partition coefficient (Wildman–Crippen LogP) is 3.67. The lowest BCUT2D eigenvalue weighted by atomic mass is 10.1. The molecule has 0 aliphatic heterocycles. The van der Waals surface area contributed by atoms with E-state index < -0.39 is 17.4 Å². The van der Waals surface area contributed by atoms with E-state index in [1.807, 2.05) is 0 Å². The molecule has 0 radical (unpaired) electrons. The van der Waals surface area contributed by atoms with Crippen LogP contribution in [0.5, 0.6) is 0 Å². The Morgan fingerprint density at radius 2 is 2.14 bits per heavy atom. The van der Waals surface area contributed by atoms with E-state index in [-0.39, 0.29) is 13.2 Å². The van der Waals surface area contributed by atoms with Gasteiger partial charge in [0.25, 0.3) is 0 Å². The van der Waals surface area contributed by atoms with Crippen molar-refractivity contribution >= 4 is 35.0 Å². The third-order valence-corrected chi connectivity index (χ3v) is 7.84. The summed E-state index contributed by atoms with van der Waals surface area (Å²) in [6.45, 7) is 8.06. The van der Waals surface area contributed by atoms with Crippen LogP contribution in [0.3, 0.4) is 0 Å². The average Bonchev–Trinajstić information content (AvgIpc) is 2.68. The summed E-state index contributed by atoms with van der Waals surface area (Å²) < 4.78 is 10.5. The highest BCUT2D eigenvalue weighted by Gasteiger charge is 2.30. The van der Waals surface area contributed by atoms with Crippen LogP contribution in [0.1, 0.15) is 47.0 Å². The Hall–Kier alpha value is 0.190. The lowest BCUT2D eigenvalue weighted by Crippen LogP contribution is -2.34. The molecule has 0 saturated heterocycles. The number of carbonyl (C=O) groups is 1. The van der Waals surface area contributed by atoms with Crippen LogP contribution < -0.4 is 5.32 Å². The van der Waals surface area contributed by atoms with E-state index in [2.05, 4.69) is 12.2 Å². The average molecular weight is 355 g/mol. The molecular formula is C13H26NO4PS2. The summed E-state index contributed by atoms with van der Waals surface area (Å²) in [6.07, 6.45) is 2.97. The first-order chi connectivity index (χ1) is 9.59. The zero-order valence-electron chi connectivity index (χ0n) is 13.1. The van der Waals surface area contributed by atoms with Crippen LogP contribution in [0.4, 0.5) is 4.79 Å². The molecule has 1 fully saturated rings. The van der Waals surface area contributed by atoms with Crippen LogP contribution in [0.2, 0.25) is 0 Å². The largest absolute Gasteiger partial charge is 0.444 e. The summed E-state index contributed by atoms with van der Waals surface area (Å²) in [5, 5.41) is 2.97. The molecule has 2 N–H and O–H groups in total. The first kappa shape index (κ1) is 19.2. The van der Waals surface area contributed by atoms with Crippen molar-refractivity contribution in [1.29, 1.82) is 0 Å². The Labute approximate surface area is 136 Å². The zero-order chi connectivity index (χ0) is 16.1. The molecule has 0 bridgehead atoms. The predicted molar refractivity (Wildman–Crippen MR) is 91.1 cm³/mol. The van der Waals surface area contributed by atoms with Gasteiger partial charge in [-0.3, -0.25) is 0 Å². The number of nitrogens with one attached hydrogen (secondary N) is 1. The maximum absolute atomic E-state index is 11.4. The van der Waals surface area contributed by atoms with Crippen LogP contribution in [-0.2, 0) is 21.1 Å². The maximum atomic E-state index is 11.4. The smallest absolute Gasteiger partial charge is 0.407 e. The Morgan fingerprint density at radius 1 is 1.48 bits per heavy atom. The van der Waals surface area contributed by atoms with Gasteiger partial charge in [0.15, 0.2) is 0 Å². The van der Waals surface area contributed by atoms with Crippen molar-refractivity contribution in [2.45, 2.75) is 57.8 Å². The third-order valence-electron chi connectivity index (χ3n) is 3.08. The number of amides is 1. The summed E-state index contributed by atoms with van der Waals surface area (Å²) >= 11 is 6.56. The molecule has 1 amide bonds.